The summed E-state index contributed by atoms with van der Waals surface area (Å²) in [5.41, 5.74) is 1.11. The minimum absolute atomic E-state index is 0.272. The molecule has 4 heteroatoms. The molecule has 2 aromatic carbocycles. The molecule has 0 saturated carbocycles. The van der Waals surface area contributed by atoms with Crippen molar-refractivity contribution < 1.29 is 18.7 Å². The first kappa shape index (κ1) is 16.5. The maximum atomic E-state index is 12.8. The van der Waals surface area contributed by atoms with Gasteiger partial charge in [-0.25, -0.2) is 4.79 Å². The smallest absolute Gasteiger partial charge is 0.331 e. The molecule has 124 valence electrons. The highest BCUT2D eigenvalue weighted by molar-refractivity contribution is 6.01. The fourth-order valence-corrected chi connectivity index (χ4v) is 2.35. The maximum Gasteiger partial charge on any atom is 0.331 e. The Kier molecular flexibility index (Phi) is 5.22. The van der Waals surface area contributed by atoms with E-state index in [4.69, 9.17) is 9.15 Å². The van der Waals surface area contributed by atoms with E-state index in [2.05, 4.69) is 0 Å². The molecule has 0 spiro atoms. The second-order valence-corrected chi connectivity index (χ2v) is 5.31. The number of ketones is 1. The lowest BCUT2D eigenvalue weighted by molar-refractivity contribution is -0.141. The van der Waals surface area contributed by atoms with Crippen LogP contribution in [0.4, 0.5) is 0 Å². The number of rotatable bonds is 6. The predicted molar refractivity (Wildman–Crippen MR) is 93.8 cm³/mol. The Hall–Kier alpha value is -3.40. The maximum absolute atomic E-state index is 12.8. The van der Waals surface area contributed by atoms with E-state index < -0.39 is 12.1 Å². The minimum atomic E-state index is -1.00. The monoisotopic (exact) mass is 332 g/mol. The Morgan fingerprint density at radius 1 is 0.880 bits per heavy atom. The SMILES string of the molecule is O=C(/C=C/c1ccco1)O[C@@H](C(=O)c1ccccc1)c1ccccc1. The molecule has 4 nitrogen and oxygen atoms in total. The largest absolute Gasteiger partial charge is 0.465 e. The molecule has 0 fully saturated rings. The number of carbonyl (C=O) groups excluding carboxylic acids is 2. The van der Waals surface area contributed by atoms with Crippen molar-refractivity contribution in [2.75, 3.05) is 0 Å². The number of esters is 1. The summed E-state index contributed by atoms with van der Waals surface area (Å²) >= 11 is 0. The molecule has 0 aliphatic heterocycles. The van der Waals surface area contributed by atoms with Gasteiger partial charge >= 0.3 is 5.97 Å². The Bertz CT molecular complexity index is 849. The molecule has 25 heavy (non-hydrogen) atoms. The first-order chi connectivity index (χ1) is 12.2. The van der Waals surface area contributed by atoms with E-state index in [0.717, 1.165) is 0 Å². The molecule has 0 N–H and O–H groups in total. The van der Waals surface area contributed by atoms with Crippen LogP contribution in [0.1, 0.15) is 27.8 Å². The highest BCUT2D eigenvalue weighted by Crippen LogP contribution is 2.23. The molecular weight excluding hydrogens is 316 g/mol. The summed E-state index contributed by atoms with van der Waals surface area (Å²) in [6, 6.07) is 21.2. The highest BCUT2D eigenvalue weighted by Gasteiger charge is 2.25. The van der Waals surface area contributed by atoms with Gasteiger partial charge in [0.15, 0.2) is 6.10 Å². The van der Waals surface area contributed by atoms with Crippen molar-refractivity contribution in [3.8, 4) is 0 Å². The van der Waals surface area contributed by atoms with Gasteiger partial charge in [-0.2, -0.15) is 0 Å². The highest BCUT2D eigenvalue weighted by atomic mass is 16.5. The van der Waals surface area contributed by atoms with Crippen molar-refractivity contribution in [1.82, 2.24) is 0 Å². The van der Waals surface area contributed by atoms with Crippen LogP contribution in [-0.4, -0.2) is 11.8 Å². The number of hydrogen-bond donors (Lipinski definition) is 0. The molecule has 3 aromatic rings. The second-order valence-electron chi connectivity index (χ2n) is 5.31. The third-order valence-electron chi connectivity index (χ3n) is 3.56. The number of furan rings is 1. The molecule has 0 bridgehead atoms. The standard InChI is InChI=1S/C21H16O4/c22-19(14-13-18-12-7-15-24-18)25-21(17-10-5-2-6-11-17)20(23)16-8-3-1-4-9-16/h1-15,21H/b14-13+/t21-/m1/s1. The normalized spacial score (nSPS) is 12.0. The molecule has 0 amide bonds. The summed E-state index contributed by atoms with van der Waals surface area (Å²) in [5.74, 6) is -0.358. The lowest BCUT2D eigenvalue weighted by Crippen LogP contribution is -2.19. The quantitative estimate of drug-likeness (QED) is 0.380. The summed E-state index contributed by atoms with van der Waals surface area (Å²) in [6.07, 6.45) is 3.25. The average Bonchev–Trinajstić information content (AvgIpc) is 3.19. The molecule has 1 atom stereocenters. The van der Waals surface area contributed by atoms with Crippen LogP contribution >= 0.6 is 0 Å². The third-order valence-corrected chi connectivity index (χ3v) is 3.56. The van der Waals surface area contributed by atoms with E-state index in [1.807, 2.05) is 12.1 Å². The first-order valence-corrected chi connectivity index (χ1v) is 7.80. The number of benzene rings is 2. The second kappa shape index (κ2) is 7.93. The van der Waals surface area contributed by atoms with Crippen LogP contribution in [0.2, 0.25) is 0 Å². The molecule has 0 aliphatic rings. The molecule has 1 aromatic heterocycles. The lowest BCUT2D eigenvalue weighted by Gasteiger charge is -2.16. The van der Waals surface area contributed by atoms with Gasteiger partial charge < -0.3 is 9.15 Å². The molecule has 0 saturated heterocycles. The zero-order valence-corrected chi connectivity index (χ0v) is 13.4. The number of carbonyl (C=O) groups is 2. The summed E-state index contributed by atoms with van der Waals surface area (Å²) < 4.78 is 10.6. The summed E-state index contributed by atoms with van der Waals surface area (Å²) in [5, 5.41) is 0. The van der Waals surface area contributed by atoms with Gasteiger partial charge in [-0.1, -0.05) is 60.7 Å². The molecule has 1 heterocycles. The summed E-state index contributed by atoms with van der Waals surface area (Å²) in [6.45, 7) is 0. The fourth-order valence-electron chi connectivity index (χ4n) is 2.35. The Morgan fingerprint density at radius 2 is 1.56 bits per heavy atom. The van der Waals surface area contributed by atoms with Crippen LogP contribution in [-0.2, 0) is 9.53 Å². The lowest BCUT2D eigenvalue weighted by atomic mass is 10.00. The minimum Gasteiger partial charge on any atom is -0.465 e. The molecule has 0 unspecified atom stereocenters. The van der Waals surface area contributed by atoms with E-state index >= 15 is 0 Å². The molecule has 3 rings (SSSR count). The van der Waals surface area contributed by atoms with E-state index in [-0.39, 0.29) is 5.78 Å². The average molecular weight is 332 g/mol. The fraction of sp³-hybridized carbons (Fsp3) is 0.0476. The van der Waals surface area contributed by atoms with Gasteiger partial charge in [0.2, 0.25) is 5.78 Å². The van der Waals surface area contributed by atoms with Gasteiger partial charge in [0.05, 0.1) is 6.26 Å². The van der Waals surface area contributed by atoms with Crippen LogP contribution in [0.25, 0.3) is 6.08 Å². The summed E-state index contributed by atoms with van der Waals surface area (Å²) in [7, 11) is 0. The first-order valence-electron chi connectivity index (χ1n) is 7.80. The Morgan fingerprint density at radius 3 is 2.20 bits per heavy atom. The van der Waals surface area contributed by atoms with E-state index in [1.165, 1.54) is 18.4 Å². The molecular formula is C21H16O4. The van der Waals surface area contributed by atoms with Crippen LogP contribution in [0.5, 0.6) is 0 Å². The van der Waals surface area contributed by atoms with Crippen molar-refractivity contribution in [1.29, 1.82) is 0 Å². The van der Waals surface area contributed by atoms with Gasteiger partial charge in [0.25, 0.3) is 0 Å². The van der Waals surface area contributed by atoms with Gasteiger partial charge in [0.1, 0.15) is 5.76 Å². The van der Waals surface area contributed by atoms with Gasteiger partial charge in [-0.15, -0.1) is 0 Å². The number of Topliss-reactive ketones (excluding diaryl/α,β-unsaturated/α-hetero) is 1. The van der Waals surface area contributed by atoms with Gasteiger partial charge in [0, 0.05) is 17.2 Å². The van der Waals surface area contributed by atoms with Crippen molar-refractivity contribution >= 4 is 17.8 Å². The van der Waals surface area contributed by atoms with Crippen molar-refractivity contribution in [2.45, 2.75) is 6.10 Å². The Balaban J connectivity index is 1.82. The topological polar surface area (TPSA) is 56.5 Å². The Labute approximate surface area is 145 Å². The van der Waals surface area contributed by atoms with Gasteiger partial charge in [-0.05, 0) is 18.2 Å². The van der Waals surface area contributed by atoms with E-state index in [9.17, 15) is 9.59 Å². The van der Waals surface area contributed by atoms with Crippen molar-refractivity contribution in [3.05, 3.63) is 102 Å². The molecule has 0 aliphatic carbocycles. The van der Waals surface area contributed by atoms with Crippen LogP contribution in [0, 0.1) is 0 Å². The van der Waals surface area contributed by atoms with Crippen molar-refractivity contribution in [2.24, 2.45) is 0 Å². The van der Waals surface area contributed by atoms with Crippen LogP contribution in [0.15, 0.2) is 89.6 Å². The summed E-state index contributed by atoms with van der Waals surface area (Å²) in [4.78, 5) is 24.9. The zero-order valence-electron chi connectivity index (χ0n) is 13.4. The molecule has 0 radical (unpaired) electrons. The van der Waals surface area contributed by atoms with Gasteiger partial charge in [-0.3, -0.25) is 4.79 Å². The van der Waals surface area contributed by atoms with E-state index in [1.54, 1.807) is 60.7 Å². The van der Waals surface area contributed by atoms with Crippen LogP contribution < -0.4 is 0 Å². The van der Waals surface area contributed by atoms with Crippen LogP contribution in [0.3, 0.4) is 0 Å². The zero-order chi connectivity index (χ0) is 17.5. The van der Waals surface area contributed by atoms with E-state index in [0.29, 0.717) is 16.9 Å². The number of hydrogen-bond acceptors (Lipinski definition) is 4. The number of ether oxygens (including phenoxy) is 1. The van der Waals surface area contributed by atoms with Crippen molar-refractivity contribution in [3.63, 3.8) is 0 Å². The predicted octanol–water partition coefficient (Wildman–Crippen LogP) is 4.46. The third kappa shape index (κ3) is 4.32.